The van der Waals surface area contributed by atoms with Crippen LogP contribution in [0.15, 0.2) is 39.3 Å². The largest absolute Gasteiger partial charge is 0.465 e. The first-order valence-corrected chi connectivity index (χ1v) is 8.22. The number of hydrogen-bond acceptors (Lipinski definition) is 7. The van der Waals surface area contributed by atoms with Gasteiger partial charge in [0.15, 0.2) is 0 Å². The fraction of sp³-hybridized carbons (Fsp3) is 0.316. The topological polar surface area (TPSA) is 81.6 Å². The quantitative estimate of drug-likeness (QED) is 0.627. The molecule has 0 radical (unpaired) electrons. The molecule has 0 aliphatic heterocycles. The zero-order valence-corrected chi connectivity index (χ0v) is 15.3. The Morgan fingerprint density at radius 3 is 2.77 bits per heavy atom. The van der Waals surface area contributed by atoms with E-state index in [1.165, 1.54) is 7.11 Å². The van der Waals surface area contributed by atoms with Crippen molar-refractivity contribution in [3.63, 3.8) is 0 Å². The van der Waals surface area contributed by atoms with Crippen molar-refractivity contribution in [3.05, 3.63) is 58.9 Å². The van der Waals surface area contributed by atoms with E-state index in [1.807, 2.05) is 43.1 Å². The van der Waals surface area contributed by atoms with Crippen molar-refractivity contribution >= 4 is 5.97 Å². The Morgan fingerprint density at radius 1 is 1.23 bits per heavy atom. The molecule has 1 aromatic carbocycles. The van der Waals surface area contributed by atoms with E-state index in [-0.39, 0.29) is 0 Å². The number of carbonyl (C=O) groups excluding carboxylic acids is 1. The lowest BCUT2D eigenvalue weighted by molar-refractivity contribution is 0.0599. The third-order valence-electron chi connectivity index (χ3n) is 3.95. The lowest BCUT2D eigenvalue weighted by Crippen LogP contribution is -2.17. The number of methoxy groups -OCH3 is 1. The fourth-order valence-electron chi connectivity index (χ4n) is 2.71. The lowest BCUT2D eigenvalue weighted by Gasteiger charge is -2.11. The van der Waals surface area contributed by atoms with Gasteiger partial charge in [0.05, 0.1) is 20.2 Å². The monoisotopic (exact) mass is 355 g/mol. The molecule has 0 unspecified atom stereocenters. The third kappa shape index (κ3) is 4.00. The first-order chi connectivity index (χ1) is 12.5. The summed E-state index contributed by atoms with van der Waals surface area (Å²) in [6.07, 6.45) is 0. The van der Waals surface area contributed by atoms with Crippen molar-refractivity contribution < 1.29 is 18.5 Å². The number of esters is 1. The summed E-state index contributed by atoms with van der Waals surface area (Å²) in [4.78, 5) is 18.1. The highest BCUT2D eigenvalue weighted by Gasteiger charge is 2.17. The first-order valence-electron chi connectivity index (χ1n) is 8.22. The number of furan rings is 1. The third-order valence-corrected chi connectivity index (χ3v) is 3.95. The molecule has 0 saturated carbocycles. The number of carbonyl (C=O) groups is 1. The van der Waals surface area contributed by atoms with Gasteiger partial charge in [0.2, 0.25) is 11.7 Å². The van der Waals surface area contributed by atoms with Gasteiger partial charge in [-0.3, -0.25) is 4.90 Å². The Hall–Kier alpha value is -2.93. The average molecular weight is 355 g/mol. The highest BCUT2D eigenvalue weighted by Crippen LogP contribution is 2.19. The minimum atomic E-state index is -0.403. The molecule has 3 rings (SSSR count). The number of aromatic nitrogens is 2. The predicted octanol–water partition coefficient (Wildman–Crippen LogP) is 3.37. The van der Waals surface area contributed by atoms with Crippen LogP contribution in [0, 0.1) is 13.8 Å². The Balaban J connectivity index is 1.66. The minimum absolute atomic E-state index is 0.403. The number of ether oxygens (including phenoxy) is 1. The maximum Gasteiger partial charge on any atom is 0.341 e. The van der Waals surface area contributed by atoms with Gasteiger partial charge in [-0.1, -0.05) is 28.9 Å². The van der Waals surface area contributed by atoms with Gasteiger partial charge < -0.3 is 13.7 Å². The van der Waals surface area contributed by atoms with Gasteiger partial charge in [0, 0.05) is 5.56 Å². The molecule has 7 heteroatoms. The Morgan fingerprint density at radius 2 is 2.04 bits per heavy atom. The van der Waals surface area contributed by atoms with Gasteiger partial charge >= 0.3 is 5.97 Å². The van der Waals surface area contributed by atoms with Crippen LogP contribution >= 0.6 is 0 Å². The van der Waals surface area contributed by atoms with E-state index in [0.29, 0.717) is 41.9 Å². The molecule has 0 atom stereocenters. The van der Waals surface area contributed by atoms with Crippen molar-refractivity contribution in [3.8, 4) is 11.4 Å². The molecule has 0 saturated heterocycles. The van der Waals surface area contributed by atoms with Gasteiger partial charge in [-0.05, 0) is 33.0 Å². The average Bonchev–Trinajstić information content (AvgIpc) is 3.21. The second-order valence-corrected chi connectivity index (χ2v) is 6.23. The molecule has 0 aliphatic rings. The summed E-state index contributed by atoms with van der Waals surface area (Å²) >= 11 is 0. The van der Waals surface area contributed by atoms with Crippen LogP contribution < -0.4 is 0 Å². The van der Waals surface area contributed by atoms with Crippen molar-refractivity contribution in [1.82, 2.24) is 15.0 Å². The van der Waals surface area contributed by atoms with Crippen LogP contribution in [0.25, 0.3) is 11.4 Å². The molecular formula is C19H21N3O4. The summed E-state index contributed by atoms with van der Waals surface area (Å²) in [6.45, 7) is 4.72. The maximum atomic E-state index is 11.7. The number of hydrogen-bond donors (Lipinski definition) is 0. The van der Waals surface area contributed by atoms with Crippen molar-refractivity contribution in [2.75, 3.05) is 14.2 Å². The standard InChI is InChI=1S/C19H21N3O4/c1-12-6-5-7-14(8-12)18-20-17(26-21-18)11-22(3)10-15-9-16(13(2)25-15)19(23)24-4/h5-9H,10-11H2,1-4H3. The smallest absolute Gasteiger partial charge is 0.341 e. The summed E-state index contributed by atoms with van der Waals surface area (Å²) in [5.41, 5.74) is 2.50. The van der Waals surface area contributed by atoms with Crippen LogP contribution in [0.5, 0.6) is 0 Å². The Kier molecular flexibility index (Phi) is 5.18. The second kappa shape index (κ2) is 7.53. The normalized spacial score (nSPS) is 11.1. The van der Waals surface area contributed by atoms with Crippen LogP contribution in [-0.2, 0) is 17.8 Å². The Labute approximate surface area is 151 Å². The van der Waals surface area contributed by atoms with E-state index in [2.05, 4.69) is 10.1 Å². The molecule has 2 aromatic heterocycles. The van der Waals surface area contributed by atoms with Crippen LogP contribution in [0.4, 0.5) is 0 Å². The molecule has 0 bridgehead atoms. The number of aryl methyl sites for hydroxylation is 2. The van der Waals surface area contributed by atoms with Crippen LogP contribution in [0.3, 0.4) is 0 Å². The SMILES string of the molecule is COC(=O)c1cc(CN(C)Cc2nc(-c3cccc(C)c3)no2)oc1C. The molecule has 26 heavy (non-hydrogen) atoms. The van der Waals surface area contributed by atoms with E-state index in [1.54, 1.807) is 13.0 Å². The molecule has 0 aliphatic carbocycles. The highest BCUT2D eigenvalue weighted by molar-refractivity contribution is 5.90. The highest BCUT2D eigenvalue weighted by atomic mass is 16.5. The van der Waals surface area contributed by atoms with Gasteiger partial charge in [-0.25, -0.2) is 4.79 Å². The van der Waals surface area contributed by atoms with Crippen LogP contribution in [0.1, 0.15) is 33.3 Å². The molecule has 0 N–H and O–H groups in total. The van der Waals surface area contributed by atoms with E-state index in [4.69, 9.17) is 13.7 Å². The number of rotatable bonds is 6. The van der Waals surface area contributed by atoms with Crippen LogP contribution in [-0.4, -0.2) is 35.2 Å². The second-order valence-electron chi connectivity index (χ2n) is 6.23. The van der Waals surface area contributed by atoms with Gasteiger partial charge in [-0.2, -0.15) is 4.98 Å². The summed E-state index contributed by atoms with van der Waals surface area (Å²) < 4.78 is 15.7. The van der Waals surface area contributed by atoms with Crippen LogP contribution in [0.2, 0.25) is 0 Å². The molecule has 3 aromatic rings. The molecule has 0 fully saturated rings. The lowest BCUT2D eigenvalue weighted by atomic mass is 10.1. The number of benzene rings is 1. The van der Waals surface area contributed by atoms with Gasteiger partial charge in [0.1, 0.15) is 17.1 Å². The molecule has 7 nitrogen and oxygen atoms in total. The van der Waals surface area contributed by atoms with Crippen molar-refractivity contribution in [1.29, 1.82) is 0 Å². The summed E-state index contributed by atoms with van der Waals surface area (Å²) in [6, 6.07) is 9.64. The zero-order valence-electron chi connectivity index (χ0n) is 15.3. The van der Waals surface area contributed by atoms with Gasteiger partial charge in [0.25, 0.3) is 0 Å². The molecule has 136 valence electrons. The van der Waals surface area contributed by atoms with E-state index < -0.39 is 5.97 Å². The van der Waals surface area contributed by atoms with E-state index in [0.717, 1.165) is 11.1 Å². The van der Waals surface area contributed by atoms with E-state index >= 15 is 0 Å². The Bertz CT molecular complexity index is 913. The predicted molar refractivity (Wildman–Crippen MR) is 94.4 cm³/mol. The van der Waals surface area contributed by atoms with Crippen molar-refractivity contribution in [2.24, 2.45) is 0 Å². The molecule has 0 amide bonds. The fourth-order valence-corrected chi connectivity index (χ4v) is 2.71. The summed E-state index contributed by atoms with van der Waals surface area (Å²) in [7, 11) is 3.26. The molecule has 0 spiro atoms. The summed E-state index contributed by atoms with van der Waals surface area (Å²) in [5.74, 6) is 1.89. The van der Waals surface area contributed by atoms with Gasteiger partial charge in [-0.15, -0.1) is 0 Å². The minimum Gasteiger partial charge on any atom is -0.465 e. The molecule has 2 heterocycles. The summed E-state index contributed by atoms with van der Waals surface area (Å²) in [5, 5.41) is 4.04. The molecular weight excluding hydrogens is 334 g/mol. The van der Waals surface area contributed by atoms with E-state index in [9.17, 15) is 4.79 Å². The number of nitrogens with zero attached hydrogens (tertiary/aromatic N) is 3. The zero-order chi connectivity index (χ0) is 18.7. The first kappa shape index (κ1) is 17.9. The maximum absolute atomic E-state index is 11.7. The van der Waals surface area contributed by atoms with Crippen molar-refractivity contribution in [2.45, 2.75) is 26.9 Å².